The Labute approximate surface area is 174 Å². The lowest BCUT2D eigenvalue weighted by Crippen LogP contribution is -2.57. The molecule has 1 aliphatic rings. The molecule has 3 N–H and O–H groups in total. The molecule has 0 saturated carbocycles. The van der Waals surface area contributed by atoms with Crippen LogP contribution in [0.15, 0.2) is 59.2 Å². The zero-order chi connectivity index (χ0) is 20.6. The predicted molar refractivity (Wildman–Crippen MR) is 108 cm³/mol. The van der Waals surface area contributed by atoms with Crippen LogP contribution < -0.4 is 5.11 Å². The van der Waals surface area contributed by atoms with Crippen molar-refractivity contribution in [3.05, 3.63) is 68.9 Å². The zero-order valence-corrected chi connectivity index (χ0v) is 16.9. The summed E-state index contributed by atoms with van der Waals surface area (Å²) >= 11 is 2.91. The van der Waals surface area contributed by atoms with Gasteiger partial charge in [-0.25, -0.2) is 0 Å². The molecular weight excluding hydrogens is 412 g/mol. The van der Waals surface area contributed by atoms with Crippen LogP contribution >= 0.6 is 22.7 Å². The fourth-order valence-electron chi connectivity index (χ4n) is 3.55. The quantitative estimate of drug-likeness (QED) is 0.547. The summed E-state index contributed by atoms with van der Waals surface area (Å²) in [7, 11) is 0. The third kappa shape index (κ3) is 3.82. The number of aliphatic hydroxyl groups excluding tert-OH is 2. The third-order valence-corrected chi connectivity index (χ3v) is 7.02. The maximum absolute atomic E-state index is 11.8. The zero-order valence-electron chi connectivity index (χ0n) is 15.3. The first-order chi connectivity index (χ1) is 13.9. The van der Waals surface area contributed by atoms with Gasteiger partial charge in [-0.05, 0) is 29.0 Å². The van der Waals surface area contributed by atoms with Crippen LogP contribution in [0.1, 0.15) is 16.2 Å². The van der Waals surface area contributed by atoms with Crippen molar-refractivity contribution >= 4 is 38.7 Å². The molecule has 0 saturated heterocycles. The largest absolute Gasteiger partial charge is 0.547 e. The number of aliphatic carboxylic acids is 1. The number of carbonyl (C=O) groups excluding carboxylic acids is 1. The van der Waals surface area contributed by atoms with E-state index in [1.54, 1.807) is 6.07 Å². The molecule has 29 heavy (non-hydrogen) atoms. The minimum atomic E-state index is -2.42. The van der Waals surface area contributed by atoms with Gasteiger partial charge in [-0.15, -0.1) is 22.7 Å². The van der Waals surface area contributed by atoms with E-state index in [9.17, 15) is 25.2 Å². The van der Waals surface area contributed by atoms with Crippen LogP contribution in [0, 0.1) is 0 Å². The number of carboxylic acid groups (broad SMARTS) is 1. The second-order valence-corrected chi connectivity index (χ2v) is 9.20. The molecule has 3 atom stereocenters. The number of carboxylic acids is 1. The summed E-state index contributed by atoms with van der Waals surface area (Å²) in [6.45, 7) is 0.0789. The molecule has 0 spiro atoms. The Hall–Kier alpha value is -2.23. The van der Waals surface area contributed by atoms with Crippen LogP contribution in [-0.2, 0) is 22.6 Å². The highest BCUT2D eigenvalue weighted by Crippen LogP contribution is 2.38. The van der Waals surface area contributed by atoms with Gasteiger partial charge in [0.15, 0.2) is 0 Å². The first kappa shape index (κ1) is 20.1. The molecule has 2 aromatic heterocycles. The van der Waals surface area contributed by atoms with E-state index in [0.29, 0.717) is 0 Å². The maximum atomic E-state index is 11.8. The Morgan fingerprint density at radius 2 is 2.00 bits per heavy atom. The summed E-state index contributed by atoms with van der Waals surface area (Å²) in [5.74, 6) is -1.83. The van der Waals surface area contributed by atoms with Crippen molar-refractivity contribution in [3.63, 3.8) is 0 Å². The normalized spacial score (nSPS) is 24.8. The number of carbonyl (C=O) groups is 1. The van der Waals surface area contributed by atoms with Gasteiger partial charge in [-0.1, -0.05) is 24.3 Å². The fourth-order valence-corrected chi connectivity index (χ4v) is 5.25. The standard InChI is InChI=1S/C21H20O6S2/c22-16-10-21(26,20(24)25)15(9-13-5-3-7-28-13)19(18(16)23)27-11-14-8-12-4-1-2-6-17(12)29-14/h1-8,16,18,22-23,26H,9-11H2,(H,24,25)/p-1/t16-,18+,21-/m1/s1. The number of rotatable bonds is 6. The average molecular weight is 432 g/mol. The monoisotopic (exact) mass is 431 g/mol. The van der Waals surface area contributed by atoms with Crippen molar-refractivity contribution in [2.24, 2.45) is 0 Å². The van der Waals surface area contributed by atoms with Gasteiger partial charge in [0, 0.05) is 32.9 Å². The lowest BCUT2D eigenvalue weighted by Gasteiger charge is -2.41. The minimum Gasteiger partial charge on any atom is -0.547 e. The van der Waals surface area contributed by atoms with Gasteiger partial charge in [0.2, 0.25) is 0 Å². The van der Waals surface area contributed by atoms with E-state index in [1.807, 2.05) is 41.8 Å². The van der Waals surface area contributed by atoms with Gasteiger partial charge in [0.05, 0.1) is 12.1 Å². The minimum absolute atomic E-state index is 0.0128. The van der Waals surface area contributed by atoms with E-state index < -0.39 is 30.2 Å². The summed E-state index contributed by atoms with van der Waals surface area (Å²) in [5, 5.41) is 46.2. The SMILES string of the molecule is O=C([O-])[C@@]1(O)C[C@@H](O)[C@H](O)C(OCc2cc3ccccc3s2)=C1Cc1cccs1. The Kier molecular flexibility index (Phi) is 5.46. The maximum Gasteiger partial charge on any atom is 0.137 e. The Balaban J connectivity index is 1.70. The molecule has 0 unspecified atom stereocenters. The lowest BCUT2D eigenvalue weighted by molar-refractivity contribution is -0.324. The van der Waals surface area contributed by atoms with E-state index in [2.05, 4.69) is 0 Å². The predicted octanol–water partition coefficient (Wildman–Crippen LogP) is 1.58. The number of thiophene rings is 2. The second-order valence-electron chi connectivity index (χ2n) is 7.00. The number of benzene rings is 1. The highest BCUT2D eigenvalue weighted by molar-refractivity contribution is 7.19. The average Bonchev–Trinajstić information content (AvgIpc) is 3.34. The highest BCUT2D eigenvalue weighted by atomic mass is 32.1. The number of ether oxygens (including phenoxy) is 1. The lowest BCUT2D eigenvalue weighted by atomic mass is 9.77. The van der Waals surface area contributed by atoms with E-state index in [-0.39, 0.29) is 24.4 Å². The second kappa shape index (κ2) is 7.89. The van der Waals surface area contributed by atoms with Gasteiger partial charge in [0.25, 0.3) is 0 Å². The van der Waals surface area contributed by atoms with Crippen molar-refractivity contribution in [2.45, 2.75) is 37.3 Å². The molecule has 6 nitrogen and oxygen atoms in total. The van der Waals surface area contributed by atoms with Crippen molar-refractivity contribution in [3.8, 4) is 0 Å². The fraction of sp³-hybridized carbons (Fsp3) is 0.286. The summed E-state index contributed by atoms with van der Waals surface area (Å²) in [6.07, 6.45) is -3.40. The van der Waals surface area contributed by atoms with Crippen LogP contribution in [0.3, 0.4) is 0 Å². The van der Waals surface area contributed by atoms with Gasteiger partial charge in [-0.3, -0.25) is 0 Å². The first-order valence-corrected chi connectivity index (χ1v) is 10.7. The number of hydrogen-bond donors (Lipinski definition) is 3. The Morgan fingerprint density at radius 1 is 1.21 bits per heavy atom. The van der Waals surface area contributed by atoms with E-state index in [0.717, 1.165) is 19.8 Å². The molecule has 0 radical (unpaired) electrons. The van der Waals surface area contributed by atoms with E-state index in [4.69, 9.17) is 4.74 Å². The molecule has 0 aliphatic heterocycles. The topological polar surface area (TPSA) is 110 Å². The number of aliphatic hydroxyl groups is 3. The molecule has 0 bridgehead atoms. The third-order valence-electron chi connectivity index (χ3n) is 5.05. The van der Waals surface area contributed by atoms with Crippen molar-refractivity contribution in [1.29, 1.82) is 0 Å². The smallest absolute Gasteiger partial charge is 0.137 e. The van der Waals surface area contributed by atoms with Crippen molar-refractivity contribution in [1.82, 2.24) is 0 Å². The van der Waals surface area contributed by atoms with Crippen LogP contribution in [0.2, 0.25) is 0 Å². The number of hydrogen-bond acceptors (Lipinski definition) is 8. The molecule has 8 heteroatoms. The number of fused-ring (bicyclic) bond motifs is 1. The van der Waals surface area contributed by atoms with Crippen molar-refractivity contribution in [2.75, 3.05) is 0 Å². The Morgan fingerprint density at radius 3 is 2.69 bits per heavy atom. The molecule has 1 aromatic carbocycles. The summed E-state index contributed by atoms with van der Waals surface area (Å²) in [6, 6.07) is 13.4. The Bertz CT molecular complexity index is 1020. The molecule has 2 heterocycles. The van der Waals surface area contributed by atoms with Gasteiger partial charge < -0.3 is 30.0 Å². The summed E-state index contributed by atoms with van der Waals surface area (Å²) in [5.41, 5.74) is -2.41. The van der Waals surface area contributed by atoms with Crippen LogP contribution in [0.4, 0.5) is 0 Å². The molecular formula is C21H19O6S2-. The molecule has 3 aromatic rings. The van der Waals surface area contributed by atoms with E-state index in [1.165, 1.54) is 22.7 Å². The summed E-state index contributed by atoms with van der Waals surface area (Å²) in [4.78, 5) is 13.4. The van der Waals surface area contributed by atoms with E-state index >= 15 is 0 Å². The molecule has 0 amide bonds. The highest BCUT2D eigenvalue weighted by Gasteiger charge is 2.46. The molecule has 0 fully saturated rings. The van der Waals surface area contributed by atoms with Crippen LogP contribution in [-0.4, -0.2) is 39.1 Å². The molecule has 152 valence electrons. The first-order valence-electron chi connectivity index (χ1n) is 9.04. The van der Waals surface area contributed by atoms with Crippen LogP contribution in [0.25, 0.3) is 10.1 Å². The van der Waals surface area contributed by atoms with Crippen LogP contribution in [0.5, 0.6) is 0 Å². The van der Waals surface area contributed by atoms with Gasteiger partial charge in [-0.2, -0.15) is 0 Å². The molecule has 4 rings (SSSR count). The molecule has 1 aliphatic carbocycles. The van der Waals surface area contributed by atoms with Gasteiger partial charge >= 0.3 is 0 Å². The van der Waals surface area contributed by atoms with Gasteiger partial charge in [0.1, 0.15) is 24.1 Å². The van der Waals surface area contributed by atoms with Crippen molar-refractivity contribution < 1.29 is 30.0 Å². The summed E-state index contributed by atoms with van der Waals surface area (Å²) < 4.78 is 6.90.